The van der Waals surface area contributed by atoms with Crippen molar-refractivity contribution in [3.8, 4) is 0 Å². The van der Waals surface area contributed by atoms with Crippen molar-refractivity contribution >= 4 is 26.7 Å². The second-order valence-corrected chi connectivity index (χ2v) is 6.68. The van der Waals surface area contributed by atoms with E-state index in [0.29, 0.717) is 23.8 Å². The molecule has 0 atom stereocenters. The second-order valence-electron chi connectivity index (χ2n) is 4.21. The summed E-state index contributed by atoms with van der Waals surface area (Å²) in [4.78, 5) is 8.59. The molecule has 7 nitrogen and oxygen atoms in total. The van der Waals surface area contributed by atoms with Crippen LogP contribution in [0.3, 0.4) is 0 Å². The van der Waals surface area contributed by atoms with E-state index in [1.165, 1.54) is 0 Å². The molecule has 2 aromatic rings. The maximum Gasteiger partial charge on any atom is 0.163 e. The third-order valence-electron chi connectivity index (χ3n) is 2.90. The van der Waals surface area contributed by atoms with Crippen LogP contribution in [0.2, 0.25) is 0 Å². The molecule has 0 radical (unpaired) electrons. The van der Waals surface area contributed by atoms with Gasteiger partial charge in [0, 0.05) is 12.8 Å². The molecule has 2 rings (SSSR count). The Morgan fingerprint density at radius 2 is 2.11 bits per heavy atom. The van der Waals surface area contributed by atoms with Crippen LogP contribution in [0.15, 0.2) is 6.20 Å². The first-order chi connectivity index (χ1) is 8.96. The van der Waals surface area contributed by atoms with Crippen LogP contribution < -0.4 is 5.32 Å². The quantitative estimate of drug-likeness (QED) is 0.864. The fourth-order valence-corrected chi connectivity index (χ4v) is 2.53. The predicted molar refractivity (Wildman–Crippen MR) is 73.9 cm³/mol. The summed E-state index contributed by atoms with van der Waals surface area (Å²) in [5.41, 5.74) is 0.656. The van der Waals surface area contributed by atoms with Crippen molar-refractivity contribution in [2.45, 2.75) is 20.4 Å². The van der Waals surface area contributed by atoms with Gasteiger partial charge in [-0.1, -0.05) is 6.92 Å². The van der Waals surface area contributed by atoms with E-state index in [0.717, 1.165) is 5.39 Å². The highest BCUT2D eigenvalue weighted by molar-refractivity contribution is 7.91. The van der Waals surface area contributed by atoms with E-state index in [1.807, 2.05) is 0 Å². The van der Waals surface area contributed by atoms with Gasteiger partial charge in [0.25, 0.3) is 0 Å². The van der Waals surface area contributed by atoms with Gasteiger partial charge in [0.1, 0.15) is 11.6 Å². The lowest BCUT2D eigenvalue weighted by molar-refractivity contribution is 0.584. The average Bonchev–Trinajstić information content (AvgIpc) is 2.78. The summed E-state index contributed by atoms with van der Waals surface area (Å²) >= 11 is 0. The first kappa shape index (κ1) is 13.7. The molecule has 0 aliphatic rings. The van der Waals surface area contributed by atoms with Gasteiger partial charge in [-0.05, 0) is 6.92 Å². The normalized spacial score (nSPS) is 11.9. The highest BCUT2D eigenvalue weighted by Gasteiger charge is 2.13. The maximum atomic E-state index is 11.5. The number of aryl methyl sites for hydroxylation is 2. The molecule has 2 heterocycles. The summed E-state index contributed by atoms with van der Waals surface area (Å²) in [5.74, 6) is 1.53. The number of hydrogen-bond acceptors (Lipinski definition) is 6. The minimum atomic E-state index is -3.01. The number of rotatable bonds is 5. The predicted octanol–water partition coefficient (Wildman–Crippen LogP) is 0.611. The summed E-state index contributed by atoms with van der Waals surface area (Å²) in [6, 6.07) is 0. The van der Waals surface area contributed by atoms with Gasteiger partial charge in [0.2, 0.25) is 0 Å². The van der Waals surface area contributed by atoms with Gasteiger partial charge in [-0.25, -0.2) is 23.1 Å². The first-order valence-electron chi connectivity index (χ1n) is 6.05. The minimum Gasteiger partial charge on any atom is -0.372 e. The monoisotopic (exact) mass is 283 g/mol. The van der Waals surface area contributed by atoms with E-state index in [2.05, 4.69) is 20.4 Å². The summed E-state index contributed by atoms with van der Waals surface area (Å²) in [6.45, 7) is 3.74. The molecule has 0 aliphatic heterocycles. The van der Waals surface area contributed by atoms with E-state index in [4.69, 9.17) is 0 Å². The van der Waals surface area contributed by atoms with Crippen LogP contribution in [0, 0.1) is 6.92 Å². The summed E-state index contributed by atoms with van der Waals surface area (Å²) in [7, 11) is -1.23. The van der Waals surface area contributed by atoms with Crippen molar-refractivity contribution < 1.29 is 8.42 Å². The highest BCUT2D eigenvalue weighted by atomic mass is 32.2. The minimum absolute atomic E-state index is 0.0677. The van der Waals surface area contributed by atoms with E-state index in [1.54, 1.807) is 31.8 Å². The van der Waals surface area contributed by atoms with Crippen molar-refractivity contribution in [2.24, 2.45) is 0 Å². The number of fused-ring (bicyclic) bond motifs is 1. The molecule has 8 heteroatoms. The number of sulfone groups is 1. The van der Waals surface area contributed by atoms with Gasteiger partial charge >= 0.3 is 0 Å². The fourth-order valence-electron chi connectivity index (χ4n) is 1.79. The van der Waals surface area contributed by atoms with E-state index < -0.39 is 9.84 Å². The molecule has 104 valence electrons. The van der Waals surface area contributed by atoms with Gasteiger partial charge in [-0.2, -0.15) is 5.10 Å². The van der Waals surface area contributed by atoms with Crippen LogP contribution in [0.5, 0.6) is 0 Å². The van der Waals surface area contributed by atoms with Crippen molar-refractivity contribution in [1.82, 2.24) is 19.7 Å². The third kappa shape index (κ3) is 2.83. The largest absolute Gasteiger partial charge is 0.372 e. The van der Waals surface area contributed by atoms with Crippen LogP contribution in [-0.4, -0.2) is 46.7 Å². The van der Waals surface area contributed by atoms with Crippen LogP contribution in [0.25, 0.3) is 11.0 Å². The standard InChI is InChI=1S/C11H17N5O2S/c1-4-19(17,18)6-5-16-11-9(7-13-16)10(12-3)14-8(2)15-11/h7H,4-6H2,1-3H3,(H,12,14,15). The smallest absolute Gasteiger partial charge is 0.163 e. The molecular weight excluding hydrogens is 266 g/mol. The van der Waals surface area contributed by atoms with Crippen molar-refractivity contribution in [1.29, 1.82) is 0 Å². The first-order valence-corrected chi connectivity index (χ1v) is 7.87. The molecule has 0 aliphatic carbocycles. The second kappa shape index (κ2) is 5.12. The molecule has 19 heavy (non-hydrogen) atoms. The zero-order valence-electron chi connectivity index (χ0n) is 11.2. The summed E-state index contributed by atoms with van der Waals surface area (Å²) in [5, 5.41) is 7.97. The SMILES string of the molecule is CCS(=O)(=O)CCn1ncc2c(NC)nc(C)nc21. The molecule has 1 N–H and O–H groups in total. The molecule has 0 amide bonds. The van der Waals surface area contributed by atoms with Crippen LogP contribution in [-0.2, 0) is 16.4 Å². The molecule has 2 aromatic heterocycles. The molecule has 0 saturated heterocycles. The Labute approximate surface area is 112 Å². The Morgan fingerprint density at radius 3 is 2.74 bits per heavy atom. The molecule has 0 spiro atoms. The van der Waals surface area contributed by atoms with Gasteiger partial charge < -0.3 is 5.32 Å². The maximum absolute atomic E-state index is 11.5. The Hall–Kier alpha value is -1.70. The number of anilines is 1. The van der Waals surface area contributed by atoms with E-state index in [-0.39, 0.29) is 11.5 Å². The van der Waals surface area contributed by atoms with Crippen LogP contribution in [0.1, 0.15) is 12.7 Å². The number of nitrogens with zero attached hydrogens (tertiary/aromatic N) is 4. The highest BCUT2D eigenvalue weighted by Crippen LogP contribution is 2.19. The van der Waals surface area contributed by atoms with Gasteiger partial charge in [-0.3, -0.25) is 0 Å². The van der Waals surface area contributed by atoms with Gasteiger partial charge in [0.05, 0.1) is 23.9 Å². The Bertz CT molecular complexity index is 692. The molecule has 0 fully saturated rings. The molecule has 0 aromatic carbocycles. The molecular formula is C11H17N5O2S. The van der Waals surface area contributed by atoms with Gasteiger partial charge in [0.15, 0.2) is 15.5 Å². The lowest BCUT2D eigenvalue weighted by atomic mass is 10.4. The molecule has 0 bridgehead atoms. The van der Waals surface area contributed by atoms with Crippen molar-refractivity contribution in [3.63, 3.8) is 0 Å². The topological polar surface area (TPSA) is 89.8 Å². The Kier molecular flexibility index (Phi) is 3.70. The van der Waals surface area contributed by atoms with E-state index >= 15 is 0 Å². The molecule has 0 saturated carbocycles. The van der Waals surface area contributed by atoms with Crippen LogP contribution >= 0.6 is 0 Å². The average molecular weight is 283 g/mol. The summed E-state index contributed by atoms with van der Waals surface area (Å²) in [6.07, 6.45) is 1.65. The molecule has 0 unspecified atom stereocenters. The number of aromatic nitrogens is 4. The fraction of sp³-hybridized carbons (Fsp3) is 0.545. The lowest BCUT2D eigenvalue weighted by Gasteiger charge is -2.05. The Balaban J connectivity index is 2.38. The van der Waals surface area contributed by atoms with Gasteiger partial charge in [-0.15, -0.1) is 0 Å². The zero-order valence-corrected chi connectivity index (χ0v) is 12.0. The van der Waals surface area contributed by atoms with Crippen molar-refractivity contribution in [2.75, 3.05) is 23.9 Å². The van der Waals surface area contributed by atoms with Crippen molar-refractivity contribution in [3.05, 3.63) is 12.0 Å². The Morgan fingerprint density at radius 1 is 1.37 bits per heavy atom. The van der Waals surface area contributed by atoms with Crippen LogP contribution in [0.4, 0.5) is 5.82 Å². The number of nitrogens with one attached hydrogen (secondary N) is 1. The zero-order chi connectivity index (χ0) is 14.0. The van der Waals surface area contributed by atoms with E-state index in [9.17, 15) is 8.42 Å². The third-order valence-corrected chi connectivity index (χ3v) is 4.58. The number of hydrogen-bond donors (Lipinski definition) is 1. The lowest BCUT2D eigenvalue weighted by Crippen LogP contribution is -2.15. The summed E-state index contributed by atoms with van der Waals surface area (Å²) < 4.78 is 24.7.